The first-order chi connectivity index (χ1) is 12.1. The van der Waals surface area contributed by atoms with Gasteiger partial charge in [-0.3, -0.25) is 9.59 Å². The minimum absolute atomic E-state index is 0.0381. The molecule has 1 heterocycles. The number of hydrogen-bond acceptors (Lipinski definition) is 4. The van der Waals surface area contributed by atoms with E-state index < -0.39 is 5.97 Å². The van der Waals surface area contributed by atoms with E-state index in [1.54, 1.807) is 23.5 Å². The molecule has 1 aromatic heterocycles. The molecule has 0 saturated carbocycles. The van der Waals surface area contributed by atoms with E-state index in [2.05, 4.69) is 10.3 Å². The fourth-order valence-corrected chi connectivity index (χ4v) is 3.12. The third kappa shape index (κ3) is 4.51. The topological polar surface area (TPSA) is 79.3 Å². The van der Waals surface area contributed by atoms with Crippen molar-refractivity contribution in [3.63, 3.8) is 0 Å². The molecule has 6 heteroatoms. The Hall–Kier alpha value is -2.99. The average Bonchev–Trinajstić information content (AvgIpc) is 3.11. The van der Waals surface area contributed by atoms with Gasteiger partial charge in [0.25, 0.3) is 0 Å². The Balaban J connectivity index is 1.67. The quantitative estimate of drug-likeness (QED) is 0.694. The SMILES string of the molecule is O=C(O)CCC(=O)Nc1ccc(-c2csc(-c3ccccc3)n2)cc1. The van der Waals surface area contributed by atoms with Gasteiger partial charge in [0.2, 0.25) is 5.91 Å². The van der Waals surface area contributed by atoms with Crippen LogP contribution in [-0.4, -0.2) is 22.0 Å². The number of anilines is 1. The molecule has 0 bridgehead atoms. The Morgan fingerprint density at radius 2 is 1.68 bits per heavy atom. The smallest absolute Gasteiger partial charge is 0.303 e. The van der Waals surface area contributed by atoms with Crippen molar-refractivity contribution in [1.82, 2.24) is 4.98 Å². The van der Waals surface area contributed by atoms with Gasteiger partial charge in [-0.2, -0.15) is 0 Å². The first kappa shape index (κ1) is 16.9. The van der Waals surface area contributed by atoms with Gasteiger partial charge >= 0.3 is 5.97 Å². The summed E-state index contributed by atoms with van der Waals surface area (Å²) in [6, 6.07) is 17.3. The average molecular weight is 352 g/mol. The predicted molar refractivity (Wildman–Crippen MR) is 98.5 cm³/mol. The molecule has 25 heavy (non-hydrogen) atoms. The first-order valence-electron chi connectivity index (χ1n) is 7.75. The van der Waals surface area contributed by atoms with Crippen LogP contribution in [0.2, 0.25) is 0 Å². The lowest BCUT2D eigenvalue weighted by molar-refractivity contribution is -0.138. The van der Waals surface area contributed by atoms with E-state index in [0.29, 0.717) is 5.69 Å². The summed E-state index contributed by atoms with van der Waals surface area (Å²) >= 11 is 1.59. The van der Waals surface area contributed by atoms with Crippen LogP contribution in [0.3, 0.4) is 0 Å². The predicted octanol–water partition coefficient (Wildman–Crippen LogP) is 4.28. The van der Waals surface area contributed by atoms with Gasteiger partial charge in [0, 0.05) is 28.6 Å². The van der Waals surface area contributed by atoms with Crippen molar-refractivity contribution in [1.29, 1.82) is 0 Å². The first-order valence-corrected chi connectivity index (χ1v) is 8.63. The molecule has 0 spiro atoms. The number of aliphatic carboxylic acids is 1. The second kappa shape index (κ2) is 7.72. The maximum Gasteiger partial charge on any atom is 0.303 e. The van der Waals surface area contributed by atoms with Crippen LogP contribution in [0.25, 0.3) is 21.8 Å². The number of hydrogen-bond donors (Lipinski definition) is 2. The maximum atomic E-state index is 11.6. The minimum Gasteiger partial charge on any atom is -0.481 e. The van der Waals surface area contributed by atoms with Crippen LogP contribution >= 0.6 is 11.3 Å². The van der Waals surface area contributed by atoms with Gasteiger partial charge < -0.3 is 10.4 Å². The zero-order chi connectivity index (χ0) is 17.6. The molecule has 0 unspecified atom stereocenters. The molecule has 5 nitrogen and oxygen atoms in total. The maximum absolute atomic E-state index is 11.6. The highest BCUT2D eigenvalue weighted by Crippen LogP contribution is 2.29. The fourth-order valence-electron chi connectivity index (χ4n) is 2.29. The van der Waals surface area contributed by atoms with Crippen molar-refractivity contribution in [2.24, 2.45) is 0 Å². The van der Waals surface area contributed by atoms with E-state index in [1.807, 2.05) is 47.8 Å². The number of carbonyl (C=O) groups excluding carboxylic acids is 1. The van der Waals surface area contributed by atoms with Crippen LogP contribution in [-0.2, 0) is 9.59 Å². The van der Waals surface area contributed by atoms with Gasteiger partial charge in [0.05, 0.1) is 12.1 Å². The number of nitrogens with zero attached hydrogens (tertiary/aromatic N) is 1. The summed E-state index contributed by atoms with van der Waals surface area (Å²) in [7, 11) is 0. The summed E-state index contributed by atoms with van der Waals surface area (Å²) < 4.78 is 0. The molecule has 0 fully saturated rings. The van der Waals surface area contributed by atoms with Crippen LogP contribution in [0, 0.1) is 0 Å². The number of nitrogens with one attached hydrogen (secondary N) is 1. The summed E-state index contributed by atoms with van der Waals surface area (Å²) in [5.41, 5.74) is 3.56. The second-order valence-electron chi connectivity index (χ2n) is 5.42. The fraction of sp³-hybridized carbons (Fsp3) is 0.105. The van der Waals surface area contributed by atoms with Gasteiger partial charge in [-0.25, -0.2) is 4.98 Å². The zero-order valence-corrected chi connectivity index (χ0v) is 14.1. The molecule has 0 atom stereocenters. The van der Waals surface area contributed by atoms with Crippen molar-refractivity contribution >= 4 is 28.9 Å². The zero-order valence-electron chi connectivity index (χ0n) is 13.3. The van der Waals surface area contributed by atoms with Crippen LogP contribution in [0.4, 0.5) is 5.69 Å². The summed E-state index contributed by atoms with van der Waals surface area (Å²) in [6.07, 6.45) is -0.214. The normalized spacial score (nSPS) is 10.4. The Morgan fingerprint density at radius 1 is 0.960 bits per heavy atom. The molecular formula is C19H16N2O3S. The second-order valence-corrected chi connectivity index (χ2v) is 6.28. The summed E-state index contributed by atoms with van der Waals surface area (Å²) in [4.78, 5) is 26.8. The highest BCUT2D eigenvalue weighted by Gasteiger charge is 2.08. The number of aromatic nitrogens is 1. The van der Waals surface area contributed by atoms with Gasteiger partial charge in [-0.1, -0.05) is 42.5 Å². The number of thiazole rings is 1. The minimum atomic E-state index is -0.983. The molecule has 3 rings (SSSR count). The number of amides is 1. The highest BCUT2D eigenvalue weighted by molar-refractivity contribution is 7.13. The van der Waals surface area contributed by atoms with E-state index in [1.165, 1.54) is 0 Å². The van der Waals surface area contributed by atoms with Crippen molar-refractivity contribution < 1.29 is 14.7 Å². The number of carboxylic acid groups (broad SMARTS) is 1. The van der Waals surface area contributed by atoms with Crippen molar-refractivity contribution in [3.05, 3.63) is 60.0 Å². The van der Waals surface area contributed by atoms with E-state index in [9.17, 15) is 9.59 Å². The Kier molecular flexibility index (Phi) is 5.20. The third-order valence-electron chi connectivity index (χ3n) is 3.56. The largest absolute Gasteiger partial charge is 0.481 e. The monoisotopic (exact) mass is 352 g/mol. The molecule has 0 aliphatic heterocycles. The lowest BCUT2D eigenvalue weighted by atomic mass is 10.1. The van der Waals surface area contributed by atoms with Gasteiger partial charge in [-0.05, 0) is 12.1 Å². The molecule has 3 aromatic rings. The lowest BCUT2D eigenvalue weighted by Gasteiger charge is -2.05. The molecule has 0 saturated heterocycles. The molecule has 0 aliphatic carbocycles. The molecule has 0 radical (unpaired) electrons. The molecule has 1 amide bonds. The molecular weight excluding hydrogens is 336 g/mol. The van der Waals surface area contributed by atoms with Gasteiger partial charge in [0.15, 0.2) is 0 Å². The van der Waals surface area contributed by atoms with Crippen LogP contribution in [0.15, 0.2) is 60.0 Å². The number of benzene rings is 2. The number of carboxylic acids is 1. The highest BCUT2D eigenvalue weighted by atomic mass is 32.1. The molecule has 2 aromatic carbocycles. The Bertz CT molecular complexity index is 873. The molecule has 2 N–H and O–H groups in total. The van der Waals surface area contributed by atoms with Gasteiger partial charge in [0.1, 0.15) is 5.01 Å². The lowest BCUT2D eigenvalue weighted by Crippen LogP contribution is -2.13. The van der Waals surface area contributed by atoms with Gasteiger partial charge in [-0.15, -0.1) is 11.3 Å². The molecule has 126 valence electrons. The third-order valence-corrected chi connectivity index (χ3v) is 4.45. The van der Waals surface area contributed by atoms with Crippen LogP contribution in [0.1, 0.15) is 12.8 Å². The van der Waals surface area contributed by atoms with E-state index >= 15 is 0 Å². The van der Waals surface area contributed by atoms with E-state index in [-0.39, 0.29) is 18.7 Å². The van der Waals surface area contributed by atoms with E-state index in [4.69, 9.17) is 5.11 Å². The van der Waals surface area contributed by atoms with Crippen molar-refractivity contribution in [3.8, 4) is 21.8 Å². The summed E-state index contributed by atoms with van der Waals surface area (Å²) in [5, 5.41) is 14.2. The Morgan fingerprint density at radius 3 is 2.36 bits per heavy atom. The number of rotatable bonds is 6. The summed E-state index contributed by atoms with van der Waals surface area (Å²) in [5.74, 6) is -1.29. The van der Waals surface area contributed by atoms with Crippen molar-refractivity contribution in [2.75, 3.05) is 5.32 Å². The standard InChI is InChI=1S/C19H16N2O3S/c22-17(10-11-18(23)24)20-15-8-6-13(7-9-15)16-12-25-19(21-16)14-4-2-1-3-5-14/h1-9,12H,10-11H2,(H,20,22)(H,23,24). The van der Waals surface area contributed by atoms with E-state index in [0.717, 1.165) is 21.8 Å². The molecule has 0 aliphatic rings. The Labute approximate surface area is 149 Å². The number of carbonyl (C=O) groups is 2. The van der Waals surface area contributed by atoms with Crippen molar-refractivity contribution in [2.45, 2.75) is 12.8 Å². The van der Waals surface area contributed by atoms with Crippen LogP contribution in [0.5, 0.6) is 0 Å². The van der Waals surface area contributed by atoms with Crippen LogP contribution < -0.4 is 5.32 Å². The summed E-state index contributed by atoms with van der Waals surface area (Å²) in [6.45, 7) is 0.